The van der Waals surface area contributed by atoms with Crippen LogP contribution in [0.1, 0.15) is 16.7 Å². The SMILES string of the molecule is PNCc1cccc(CCc2ccccc2)c1. The molecule has 0 saturated heterocycles. The number of hydrogen-bond donors (Lipinski definition) is 1. The molecule has 0 aliphatic heterocycles. The van der Waals surface area contributed by atoms with Gasteiger partial charge in [-0.15, -0.1) is 0 Å². The van der Waals surface area contributed by atoms with Crippen molar-refractivity contribution in [3.8, 4) is 0 Å². The maximum atomic E-state index is 3.10. The highest BCUT2D eigenvalue weighted by Crippen LogP contribution is 2.10. The quantitative estimate of drug-likeness (QED) is 0.794. The van der Waals surface area contributed by atoms with Gasteiger partial charge in [0, 0.05) is 6.54 Å². The van der Waals surface area contributed by atoms with Gasteiger partial charge in [-0.25, -0.2) is 0 Å². The van der Waals surface area contributed by atoms with Gasteiger partial charge in [0.2, 0.25) is 0 Å². The van der Waals surface area contributed by atoms with Crippen LogP contribution in [0.5, 0.6) is 0 Å². The minimum Gasteiger partial charge on any atom is -0.296 e. The zero-order chi connectivity index (χ0) is 11.9. The molecule has 2 aromatic rings. The first-order valence-electron chi connectivity index (χ1n) is 5.93. The van der Waals surface area contributed by atoms with Crippen LogP contribution < -0.4 is 5.09 Å². The van der Waals surface area contributed by atoms with Gasteiger partial charge in [-0.1, -0.05) is 64.0 Å². The van der Waals surface area contributed by atoms with E-state index in [1.54, 1.807) is 0 Å². The summed E-state index contributed by atoms with van der Waals surface area (Å²) < 4.78 is 0. The Morgan fingerprint density at radius 3 is 2.18 bits per heavy atom. The van der Waals surface area contributed by atoms with Crippen molar-refractivity contribution in [3.63, 3.8) is 0 Å². The summed E-state index contributed by atoms with van der Waals surface area (Å²) in [5, 5.41) is 3.10. The number of benzene rings is 2. The smallest absolute Gasteiger partial charge is 0.0237 e. The van der Waals surface area contributed by atoms with E-state index in [1.807, 2.05) is 0 Å². The lowest BCUT2D eigenvalue weighted by molar-refractivity contribution is 0.936. The Morgan fingerprint density at radius 2 is 1.41 bits per heavy atom. The average molecular weight is 243 g/mol. The molecular weight excluding hydrogens is 225 g/mol. The third kappa shape index (κ3) is 3.96. The van der Waals surface area contributed by atoms with Crippen molar-refractivity contribution in [3.05, 3.63) is 71.3 Å². The summed E-state index contributed by atoms with van der Waals surface area (Å²) in [6.45, 7) is 0.907. The minimum absolute atomic E-state index is 0.907. The van der Waals surface area contributed by atoms with Gasteiger partial charge in [-0.3, -0.25) is 5.09 Å². The predicted molar refractivity (Wildman–Crippen MR) is 76.8 cm³/mol. The Hall–Kier alpha value is -1.17. The topological polar surface area (TPSA) is 12.0 Å². The molecule has 0 aliphatic carbocycles. The first-order chi connectivity index (χ1) is 8.38. The van der Waals surface area contributed by atoms with Gasteiger partial charge in [0.25, 0.3) is 0 Å². The first kappa shape index (κ1) is 12.3. The normalized spacial score (nSPS) is 10.4. The number of aryl methyl sites for hydroxylation is 2. The largest absolute Gasteiger partial charge is 0.296 e. The zero-order valence-electron chi connectivity index (χ0n) is 9.89. The molecule has 88 valence electrons. The molecule has 2 aromatic carbocycles. The molecule has 0 aromatic heterocycles. The molecule has 1 atom stereocenters. The van der Waals surface area contributed by atoms with Crippen LogP contribution in [0.4, 0.5) is 0 Å². The standard InChI is InChI=1S/C15H18NP/c17-16-12-15-8-4-7-14(11-15)10-9-13-5-2-1-3-6-13/h1-8,11,16H,9-10,12,17H2. The van der Waals surface area contributed by atoms with E-state index in [4.69, 9.17) is 0 Å². The molecule has 0 spiro atoms. The summed E-state index contributed by atoms with van der Waals surface area (Å²) in [7, 11) is 2.54. The van der Waals surface area contributed by atoms with Crippen molar-refractivity contribution in [2.45, 2.75) is 19.4 Å². The molecule has 0 fully saturated rings. The molecule has 0 radical (unpaired) electrons. The molecule has 1 nitrogen and oxygen atoms in total. The van der Waals surface area contributed by atoms with E-state index in [0.29, 0.717) is 0 Å². The minimum atomic E-state index is 0.907. The van der Waals surface area contributed by atoms with Gasteiger partial charge in [-0.05, 0) is 29.5 Å². The summed E-state index contributed by atoms with van der Waals surface area (Å²) in [6.07, 6.45) is 2.22. The van der Waals surface area contributed by atoms with Crippen LogP contribution in [0.2, 0.25) is 0 Å². The van der Waals surface area contributed by atoms with Crippen LogP contribution in [0.3, 0.4) is 0 Å². The van der Waals surface area contributed by atoms with Crippen molar-refractivity contribution in [2.75, 3.05) is 0 Å². The Balaban J connectivity index is 1.97. The maximum absolute atomic E-state index is 3.10. The Kier molecular flexibility index (Phi) is 4.73. The zero-order valence-corrected chi connectivity index (χ0v) is 11.0. The Morgan fingerprint density at radius 1 is 0.765 bits per heavy atom. The third-order valence-electron chi connectivity index (χ3n) is 2.84. The molecule has 0 saturated carbocycles. The van der Waals surface area contributed by atoms with E-state index >= 15 is 0 Å². The van der Waals surface area contributed by atoms with E-state index in [1.165, 1.54) is 16.7 Å². The van der Waals surface area contributed by atoms with Gasteiger partial charge in [0.1, 0.15) is 0 Å². The fourth-order valence-electron chi connectivity index (χ4n) is 1.95. The maximum Gasteiger partial charge on any atom is 0.0237 e. The van der Waals surface area contributed by atoms with Crippen LogP contribution in [0.25, 0.3) is 0 Å². The highest BCUT2D eigenvalue weighted by Gasteiger charge is 1.97. The molecule has 2 heteroatoms. The van der Waals surface area contributed by atoms with E-state index in [2.05, 4.69) is 69.1 Å². The fourth-order valence-corrected chi connectivity index (χ4v) is 2.18. The lowest BCUT2D eigenvalue weighted by atomic mass is 10.0. The monoisotopic (exact) mass is 243 g/mol. The summed E-state index contributed by atoms with van der Waals surface area (Å²) in [6, 6.07) is 19.4. The van der Waals surface area contributed by atoms with Crippen LogP contribution in [-0.4, -0.2) is 0 Å². The lowest BCUT2D eigenvalue weighted by Gasteiger charge is -2.05. The van der Waals surface area contributed by atoms with E-state index < -0.39 is 0 Å². The van der Waals surface area contributed by atoms with Crippen LogP contribution in [0.15, 0.2) is 54.6 Å². The lowest BCUT2D eigenvalue weighted by Crippen LogP contribution is -1.99. The Labute approximate surface area is 106 Å². The number of rotatable bonds is 5. The molecule has 1 unspecified atom stereocenters. The number of nitrogens with one attached hydrogen (secondary N) is 1. The van der Waals surface area contributed by atoms with Crippen molar-refractivity contribution >= 4 is 9.39 Å². The Bertz CT molecular complexity index is 453. The van der Waals surface area contributed by atoms with Crippen molar-refractivity contribution in [1.82, 2.24) is 5.09 Å². The van der Waals surface area contributed by atoms with E-state index in [0.717, 1.165) is 19.4 Å². The van der Waals surface area contributed by atoms with Crippen LogP contribution in [-0.2, 0) is 19.4 Å². The van der Waals surface area contributed by atoms with Crippen molar-refractivity contribution < 1.29 is 0 Å². The summed E-state index contributed by atoms with van der Waals surface area (Å²) >= 11 is 0. The highest BCUT2D eigenvalue weighted by molar-refractivity contribution is 7.13. The molecule has 0 amide bonds. The molecule has 0 bridgehead atoms. The van der Waals surface area contributed by atoms with Gasteiger partial charge in [0.05, 0.1) is 0 Å². The second-order valence-corrected chi connectivity index (χ2v) is 4.59. The van der Waals surface area contributed by atoms with Gasteiger partial charge in [0.15, 0.2) is 0 Å². The molecule has 2 rings (SSSR count). The van der Waals surface area contributed by atoms with Crippen LogP contribution in [0, 0.1) is 0 Å². The second kappa shape index (κ2) is 6.54. The third-order valence-corrected chi connectivity index (χ3v) is 3.05. The van der Waals surface area contributed by atoms with Crippen molar-refractivity contribution in [1.29, 1.82) is 0 Å². The highest BCUT2D eigenvalue weighted by atomic mass is 31.0. The molecule has 17 heavy (non-hydrogen) atoms. The summed E-state index contributed by atoms with van der Waals surface area (Å²) in [5.41, 5.74) is 4.15. The molecule has 0 heterocycles. The van der Waals surface area contributed by atoms with Gasteiger partial charge >= 0.3 is 0 Å². The van der Waals surface area contributed by atoms with Crippen LogP contribution >= 0.6 is 9.39 Å². The summed E-state index contributed by atoms with van der Waals surface area (Å²) in [5.74, 6) is 0. The van der Waals surface area contributed by atoms with Gasteiger partial charge in [-0.2, -0.15) is 0 Å². The van der Waals surface area contributed by atoms with E-state index in [9.17, 15) is 0 Å². The fraction of sp³-hybridized carbons (Fsp3) is 0.200. The second-order valence-electron chi connectivity index (χ2n) is 4.19. The average Bonchev–Trinajstić information content (AvgIpc) is 2.39. The summed E-state index contributed by atoms with van der Waals surface area (Å²) in [4.78, 5) is 0. The molecule has 0 aliphatic rings. The first-order valence-corrected chi connectivity index (χ1v) is 6.51. The molecular formula is C15H18NP. The predicted octanol–water partition coefficient (Wildman–Crippen LogP) is 3.35. The number of hydrogen-bond acceptors (Lipinski definition) is 1. The van der Waals surface area contributed by atoms with Crippen molar-refractivity contribution in [2.24, 2.45) is 0 Å². The van der Waals surface area contributed by atoms with E-state index in [-0.39, 0.29) is 0 Å². The van der Waals surface area contributed by atoms with Gasteiger partial charge < -0.3 is 0 Å². The molecule has 1 N–H and O–H groups in total.